The van der Waals surface area contributed by atoms with E-state index in [9.17, 15) is 18.3 Å². The Hall–Kier alpha value is -3.48. The number of nitrogens with two attached hydrogens (primary N) is 1. The van der Waals surface area contributed by atoms with Crippen LogP contribution in [-0.2, 0) is 16.6 Å². The number of nitriles is 1. The first kappa shape index (κ1) is 19.3. The molecule has 0 radical (unpaired) electrons. The number of primary sulfonamides is 1. The zero-order valence-electron chi connectivity index (χ0n) is 14.8. The molecule has 0 fully saturated rings. The molecule has 3 rings (SSSR count). The topological polar surface area (TPSA) is 142 Å². The molecule has 1 aromatic heterocycles. The smallest absolute Gasteiger partial charge is 0.238 e. The summed E-state index contributed by atoms with van der Waals surface area (Å²) in [5.41, 5.74) is 2.40. The maximum absolute atomic E-state index is 11.8. The number of carboxylic acid groups (broad SMARTS) is 1. The second kappa shape index (κ2) is 7.26. The minimum absolute atomic E-state index is 0.0790. The summed E-state index contributed by atoms with van der Waals surface area (Å²) in [7, 11) is -3.87. The van der Waals surface area contributed by atoms with Crippen molar-refractivity contribution in [3.8, 4) is 28.5 Å². The van der Waals surface area contributed by atoms with Crippen LogP contribution in [0.2, 0.25) is 0 Å². The summed E-state index contributed by atoms with van der Waals surface area (Å²) < 4.78 is 24.0. The predicted molar refractivity (Wildman–Crippen MR) is 99.2 cm³/mol. The fraction of sp³-hybridized carbons (Fsp3) is 0.105. The Morgan fingerprint density at radius 3 is 2.21 bits per heavy atom. The lowest BCUT2D eigenvalue weighted by molar-refractivity contribution is -0.255. The van der Waals surface area contributed by atoms with E-state index in [4.69, 9.17) is 10.4 Å². The molecule has 0 aliphatic carbocycles. The molecule has 0 bridgehead atoms. The third-order valence-corrected chi connectivity index (χ3v) is 5.09. The number of hydrogen-bond donors (Lipinski definition) is 1. The van der Waals surface area contributed by atoms with Gasteiger partial charge in [-0.25, -0.2) is 18.2 Å². The summed E-state index contributed by atoms with van der Waals surface area (Å²) in [6.07, 6.45) is 0. The van der Waals surface area contributed by atoms with Gasteiger partial charge < -0.3 is 9.90 Å². The van der Waals surface area contributed by atoms with Gasteiger partial charge in [0, 0.05) is 11.1 Å². The van der Waals surface area contributed by atoms with Gasteiger partial charge in [0.15, 0.2) is 0 Å². The van der Waals surface area contributed by atoms with Crippen molar-refractivity contribution >= 4 is 16.0 Å². The van der Waals surface area contributed by atoms with Crippen LogP contribution in [0.25, 0.3) is 22.4 Å². The fourth-order valence-corrected chi connectivity index (χ4v) is 3.36. The lowest BCUT2D eigenvalue weighted by Gasteiger charge is -2.09. The molecule has 28 heavy (non-hydrogen) atoms. The minimum Gasteiger partial charge on any atom is -0.543 e. The summed E-state index contributed by atoms with van der Waals surface area (Å²) in [6.45, 7) is 1.62. The van der Waals surface area contributed by atoms with Crippen LogP contribution in [0.3, 0.4) is 0 Å². The van der Waals surface area contributed by atoms with Crippen molar-refractivity contribution in [2.24, 2.45) is 5.14 Å². The van der Waals surface area contributed by atoms with Crippen molar-refractivity contribution in [2.75, 3.05) is 0 Å². The van der Waals surface area contributed by atoms with E-state index in [2.05, 4.69) is 5.10 Å². The van der Waals surface area contributed by atoms with Crippen molar-refractivity contribution in [3.05, 3.63) is 59.8 Å². The number of nitrogens with zero attached hydrogens (tertiary/aromatic N) is 3. The Morgan fingerprint density at radius 1 is 1.14 bits per heavy atom. The molecule has 0 spiro atoms. The molecule has 9 heteroatoms. The lowest BCUT2D eigenvalue weighted by Crippen LogP contribution is -2.26. The number of hydrogen-bond acceptors (Lipinski definition) is 6. The summed E-state index contributed by atoms with van der Waals surface area (Å²) in [6, 6.07) is 14.6. The highest BCUT2D eigenvalue weighted by Crippen LogP contribution is 2.35. The van der Waals surface area contributed by atoms with E-state index in [0.29, 0.717) is 22.4 Å². The van der Waals surface area contributed by atoms with E-state index < -0.39 is 16.0 Å². The van der Waals surface area contributed by atoms with Crippen LogP contribution in [0.4, 0.5) is 0 Å². The molecule has 2 aromatic carbocycles. The lowest BCUT2D eigenvalue weighted by atomic mass is 9.98. The first-order valence-electron chi connectivity index (χ1n) is 8.11. The Labute approximate surface area is 161 Å². The number of carbonyl (C=O) groups is 1. The molecule has 2 N–H and O–H groups in total. The molecule has 3 aromatic rings. The van der Waals surface area contributed by atoms with E-state index in [-0.39, 0.29) is 17.1 Å². The van der Waals surface area contributed by atoms with Gasteiger partial charge in [0.25, 0.3) is 0 Å². The molecule has 0 amide bonds. The van der Waals surface area contributed by atoms with E-state index in [1.54, 1.807) is 12.1 Å². The molecule has 142 valence electrons. The first-order valence-corrected chi connectivity index (χ1v) is 9.66. The van der Waals surface area contributed by atoms with Crippen LogP contribution in [0, 0.1) is 18.3 Å². The molecule has 1 heterocycles. The fourth-order valence-electron chi connectivity index (χ4n) is 2.85. The van der Waals surface area contributed by atoms with Crippen molar-refractivity contribution in [1.29, 1.82) is 5.26 Å². The van der Waals surface area contributed by atoms with Crippen LogP contribution in [0.15, 0.2) is 53.4 Å². The number of carboxylic acids is 1. The molecule has 0 unspecified atom stereocenters. The van der Waals surface area contributed by atoms with Gasteiger partial charge >= 0.3 is 0 Å². The normalized spacial score (nSPS) is 11.2. The zero-order valence-corrected chi connectivity index (χ0v) is 15.6. The Bertz CT molecular complexity index is 1190. The minimum atomic E-state index is -3.87. The molecule has 0 saturated carbocycles. The van der Waals surface area contributed by atoms with Gasteiger partial charge in [-0.3, -0.25) is 0 Å². The van der Waals surface area contributed by atoms with Crippen LogP contribution in [-0.4, -0.2) is 24.2 Å². The second-order valence-electron chi connectivity index (χ2n) is 6.11. The van der Waals surface area contributed by atoms with E-state index in [1.165, 1.54) is 24.3 Å². The quantitative estimate of drug-likeness (QED) is 0.684. The van der Waals surface area contributed by atoms with Crippen molar-refractivity contribution in [2.45, 2.75) is 18.4 Å². The Morgan fingerprint density at radius 2 is 1.71 bits per heavy atom. The van der Waals surface area contributed by atoms with Crippen molar-refractivity contribution in [3.63, 3.8) is 0 Å². The molecular weight excluding hydrogens is 380 g/mol. The number of aromatic nitrogens is 2. The second-order valence-corrected chi connectivity index (χ2v) is 7.67. The highest BCUT2D eigenvalue weighted by Gasteiger charge is 2.22. The summed E-state index contributed by atoms with van der Waals surface area (Å²) in [5, 5.41) is 30.2. The van der Waals surface area contributed by atoms with Gasteiger partial charge in [0.1, 0.15) is 12.2 Å². The first-order chi connectivity index (χ1) is 13.2. The number of aryl methyl sites for hydroxylation is 1. The van der Waals surface area contributed by atoms with E-state index >= 15 is 0 Å². The Kier molecular flexibility index (Phi) is 5.00. The average Bonchev–Trinajstić information content (AvgIpc) is 3.01. The number of rotatable bonds is 5. The molecule has 0 aliphatic heterocycles. The van der Waals surface area contributed by atoms with Crippen LogP contribution >= 0.6 is 0 Å². The van der Waals surface area contributed by atoms with Crippen molar-refractivity contribution < 1.29 is 18.3 Å². The highest BCUT2D eigenvalue weighted by molar-refractivity contribution is 7.89. The van der Waals surface area contributed by atoms with Gasteiger partial charge in [-0.1, -0.05) is 42.0 Å². The van der Waals surface area contributed by atoms with Crippen LogP contribution in [0.5, 0.6) is 0 Å². The molecule has 0 aliphatic rings. The van der Waals surface area contributed by atoms with Gasteiger partial charge in [-0.05, 0) is 24.6 Å². The highest BCUT2D eigenvalue weighted by atomic mass is 32.2. The number of carbonyl (C=O) groups excluding carboxylic acids is 1. The monoisotopic (exact) mass is 395 g/mol. The SMILES string of the molecule is Cc1ccc(-c2c(-c3ccc(S(N)(=O)=O)cc3)nn(CC#N)c2C(=O)[O-])cc1. The van der Waals surface area contributed by atoms with Crippen LogP contribution < -0.4 is 10.2 Å². The Balaban J connectivity index is 2.28. The predicted octanol–water partition coefficient (Wildman–Crippen LogP) is 1.06. The van der Waals surface area contributed by atoms with Gasteiger partial charge in [-0.15, -0.1) is 0 Å². The molecular formula is C19H15N4O4S-. The third kappa shape index (κ3) is 3.64. The van der Waals surface area contributed by atoms with E-state index in [1.807, 2.05) is 25.1 Å². The maximum Gasteiger partial charge on any atom is 0.238 e. The zero-order chi connectivity index (χ0) is 20.5. The number of aromatic carboxylic acids is 1. The summed E-state index contributed by atoms with van der Waals surface area (Å²) >= 11 is 0. The molecule has 0 saturated heterocycles. The number of sulfonamides is 1. The van der Waals surface area contributed by atoms with Gasteiger partial charge in [0.05, 0.1) is 22.6 Å². The average molecular weight is 395 g/mol. The van der Waals surface area contributed by atoms with Gasteiger partial charge in [0.2, 0.25) is 10.0 Å². The number of benzene rings is 2. The van der Waals surface area contributed by atoms with Gasteiger partial charge in [-0.2, -0.15) is 10.4 Å². The third-order valence-electron chi connectivity index (χ3n) is 4.16. The summed E-state index contributed by atoms with van der Waals surface area (Å²) in [5.74, 6) is -1.47. The van der Waals surface area contributed by atoms with Crippen molar-refractivity contribution in [1.82, 2.24) is 9.78 Å². The molecule has 0 atom stereocenters. The largest absolute Gasteiger partial charge is 0.543 e. The van der Waals surface area contributed by atoms with Crippen LogP contribution in [0.1, 0.15) is 16.1 Å². The summed E-state index contributed by atoms with van der Waals surface area (Å²) in [4.78, 5) is 11.7. The maximum atomic E-state index is 11.8. The van der Waals surface area contributed by atoms with E-state index in [0.717, 1.165) is 10.2 Å². The molecule has 8 nitrogen and oxygen atoms in total. The standard InChI is InChI=1S/C19H16N4O4S/c1-12-2-4-13(5-3-12)16-17(22-23(11-10-20)18(16)19(24)25)14-6-8-15(9-7-14)28(21,26)27/h2-9H,11H2,1H3,(H,24,25)(H2,21,26,27)/p-1.